The first-order chi connectivity index (χ1) is 9.88. The summed E-state index contributed by atoms with van der Waals surface area (Å²) in [7, 11) is 1.60. The van der Waals surface area contributed by atoms with E-state index in [1.807, 2.05) is 24.4 Å². The lowest BCUT2D eigenvalue weighted by Gasteiger charge is -2.24. The van der Waals surface area contributed by atoms with Crippen molar-refractivity contribution in [2.24, 2.45) is 0 Å². The lowest BCUT2D eigenvalue weighted by Crippen LogP contribution is -2.29. The van der Waals surface area contributed by atoms with Crippen LogP contribution in [0.15, 0.2) is 30.6 Å². The van der Waals surface area contributed by atoms with Crippen LogP contribution in [-0.2, 0) is 0 Å². The van der Waals surface area contributed by atoms with Crippen LogP contribution in [0.1, 0.15) is 24.5 Å². The van der Waals surface area contributed by atoms with Gasteiger partial charge in [-0.2, -0.15) is 4.98 Å². The highest BCUT2D eigenvalue weighted by atomic mass is 16.5. The molecule has 1 saturated heterocycles. The van der Waals surface area contributed by atoms with Crippen LogP contribution in [0.5, 0.6) is 6.01 Å². The third kappa shape index (κ3) is 2.63. The van der Waals surface area contributed by atoms with Crippen molar-refractivity contribution in [1.29, 1.82) is 0 Å². The molecule has 5 heteroatoms. The summed E-state index contributed by atoms with van der Waals surface area (Å²) in [4.78, 5) is 13.2. The van der Waals surface area contributed by atoms with Crippen LogP contribution in [0.3, 0.4) is 0 Å². The maximum absolute atomic E-state index is 5.17. The molecule has 0 amide bonds. The van der Waals surface area contributed by atoms with Gasteiger partial charge in [0.25, 0.3) is 0 Å². The van der Waals surface area contributed by atoms with E-state index in [1.54, 1.807) is 13.3 Å². The monoisotopic (exact) mass is 270 g/mol. The third-order valence-corrected chi connectivity index (χ3v) is 3.60. The molecule has 2 aromatic heterocycles. The van der Waals surface area contributed by atoms with Gasteiger partial charge in [-0.25, -0.2) is 4.98 Å². The van der Waals surface area contributed by atoms with E-state index in [1.165, 1.54) is 6.42 Å². The highest BCUT2D eigenvalue weighted by molar-refractivity contribution is 5.61. The van der Waals surface area contributed by atoms with Crippen molar-refractivity contribution in [3.8, 4) is 17.3 Å². The first-order valence-corrected chi connectivity index (χ1v) is 6.91. The van der Waals surface area contributed by atoms with Crippen molar-refractivity contribution in [2.75, 3.05) is 20.2 Å². The number of piperidine rings is 1. The molecule has 0 saturated carbocycles. The van der Waals surface area contributed by atoms with Crippen molar-refractivity contribution in [3.63, 3.8) is 0 Å². The number of pyridine rings is 1. The van der Waals surface area contributed by atoms with Crippen LogP contribution in [-0.4, -0.2) is 35.2 Å². The number of aromatic nitrogens is 3. The fraction of sp³-hybridized carbons (Fsp3) is 0.400. The molecule has 0 unspecified atom stereocenters. The van der Waals surface area contributed by atoms with Crippen molar-refractivity contribution in [3.05, 3.63) is 36.3 Å². The maximum Gasteiger partial charge on any atom is 0.316 e. The molecule has 1 aliphatic heterocycles. The zero-order valence-corrected chi connectivity index (χ0v) is 11.5. The molecule has 1 atom stereocenters. The van der Waals surface area contributed by atoms with Crippen molar-refractivity contribution in [1.82, 2.24) is 20.3 Å². The second kappa shape index (κ2) is 5.96. The number of ether oxygens (including phenoxy) is 1. The van der Waals surface area contributed by atoms with E-state index in [4.69, 9.17) is 4.74 Å². The second-order valence-corrected chi connectivity index (χ2v) is 4.91. The Kier molecular flexibility index (Phi) is 3.87. The number of nitrogens with one attached hydrogen (secondary N) is 1. The Balaban J connectivity index is 2.04. The average molecular weight is 270 g/mol. The van der Waals surface area contributed by atoms with Gasteiger partial charge < -0.3 is 10.1 Å². The molecule has 3 rings (SSSR count). The molecule has 1 aliphatic rings. The van der Waals surface area contributed by atoms with E-state index in [-0.39, 0.29) is 0 Å². The van der Waals surface area contributed by atoms with Gasteiger partial charge in [-0.15, -0.1) is 0 Å². The van der Waals surface area contributed by atoms with Gasteiger partial charge in [0.2, 0.25) is 0 Å². The summed E-state index contributed by atoms with van der Waals surface area (Å²) in [5.41, 5.74) is 2.94. The average Bonchev–Trinajstić information content (AvgIpc) is 2.56. The van der Waals surface area contributed by atoms with Crippen LogP contribution in [0.4, 0.5) is 0 Å². The van der Waals surface area contributed by atoms with Gasteiger partial charge in [0, 0.05) is 30.4 Å². The number of methoxy groups -OCH3 is 1. The van der Waals surface area contributed by atoms with E-state index in [9.17, 15) is 0 Å². The van der Waals surface area contributed by atoms with E-state index < -0.39 is 0 Å². The zero-order chi connectivity index (χ0) is 13.8. The van der Waals surface area contributed by atoms with Crippen molar-refractivity contribution < 1.29 is 4.74 Å². The summed E-state index contributed by atoms with van der Waals surface area (Å²) < 4.78 is 5.17. The molecular formula is C15H18N4O. The number of hydrogen-bond donors (Lipinski definition) is 1. The minimum absolute atomic E-state index is 0.387. The lowest BCUT2D eigenvalue weighted by atomic mass is 9.92. The standard InChI is InChI=1S/C15H18N4O/c1-20-15-18-10-12(13-6-2-3-8-17-13)14(19-15)11-5-4-7-16-9-11/h2-3,6,8,10-11,16H,4-5,7,9H2,1H3/t11-/m1/s1. The van der Waals surface area contributed by atoms with Crippen LogP contribution in [0, 0.1) is 0 Å². The molecule has 5 nitrogen and oxygen atoms in total. The Labute approximate surface area is 118 Å². The first kappa shape index (κ1) is 13.0. The second-order valence-electron chi connectivity index (χ2n) is 4.91. The summed E-state index contributed by atoms with van der Waals surface area (Å²) in [6.07, 6.45) is 5.91. The van der Waals surface area contributed by atoms with Gasteiger partial charge in [0.15, 0.2) is 0 Å². The number of hydrogen-bond acceptors (Lipinski definition) is 5. The summed E-state index contributed by atoms with van der Waals surface area (Å²) in [6, 6.07) is 6.31. The molecule has 0 spiro atoms. The predicted molar refractivity (Wildman–Crippen MR) is 76.7 cm³/mol. The molecule has 0 aromatic carbocycles. The molecule has 2 aromatic rings. The van der Waals surface area contributed by atoms with Crippen LogP contribution >= 0.6 is 0 Å². The van der Waals surface area contributed by atoms with Crippen LogP contribution in [0.25, 0.3) is 11.3 Å². The van der Waals surface area contributed by atoms with Crippen LogP contribution < -0.4 is 10.1 Å². The SMILES string of the molecule is COc1ncc(-c2ccccn2)c([C@@H]2CCCNC2)n1. The van der Waals surface area contributed by atoms with Crippen molar-refractivity contribution in [2.45, 2.75) is 18.8 Å². The molecule has 3 heterocycles. The smallest absolute Gasteiger partial charge is 0.316 e. The predicted octanol–water partition coefficient (Wildman–Crippen LogP) is 2.01. The Hall–Kier alpha value is -2.01. The maximum atomic E-state index is 5.17. The van der Waals surface area contributed by atoms with Gasteiger partial charge >= 0.3 is 6.01 Å². The fourth-order valence-electron chi connectivity index (χ4n) is 2.59. The van der Waals surface area contributed by atoms with E-state index in [0.717, 1.165) is 36.5 Å². The van der Waals surface area contributed by atoms with Gasteiger partial charge in [0.1, 0.15) is 0 Å². The summed E-state index contributed by atoms with van der Waals surface area (Å²) in [6.45, 7) is 2.03. The Bertz CT molecular complexity index is 567. The molecule has 20 heavy (non-hydrogen) atoms. The quantitative estimate of drug-likeness (QED) is 0.924. The largest absolute Gasteiger partial charge is 0.467 e. The Morgan fingerprint density at radius 2 is 2.25 bits per heavy atom. The van der Waals surface area contributed by atoms with Gasteiger partial charge in [0.05, 0.1) is 18.5 Å². The molecule has 1 fully saturated rings. The molecular weight excluding hydrogens is 252 g/mol. The summed E-state index contributed by atoms with van der Waals surface area (Å²) in [5.74, 6) is 0.387. The molecule has 0 radical (unpaired) electrons. The number of rotatable bonds is 3. The normalized spacial score (nSPS) is 18.8. The third-order valence-electron chi connectivity index (χ3n) is 3.60. The highest BCUT2D eigenvalue weighted by Crippen LogP contribution is 2.30. The molecule has 0 aliphatic carbocycles. The van der Waals surface area contributed by atoms with E-state index in [2.05, 4.69) is 20.3 Å². The summed E-state index contributed by atoms with van der Waals surface area (Å²) >= 11 is 0. The lowest BCUT2D eigenvalue weighted by molar-refractivity contribution is 0.373. The van der Waals surface area contributed by atoms with Crippen LogP contribution in [0.2, 0.25) is 0 Å². The van der Waals surface area contributed by atoms with E-state index in [0.29, 0.717) is 11.9 Å². The van der Waals surface area contributed by atoms with E-state index >= 15 is 0 Å². The molecule has 0 bridgehead atoms. The number of nitrogens with zero attached hydrogens (tertiary/aromatic N) is 3. The topological polar surface area (TPSA) is 59.9 Å². The van der Waals surface area contributed by atoms with Gasteiger partial charge in [-0.1, -0.05) is 6.07 Å². The minimum Gasteiger partial charge on any atom is -0.467 e. The summed E-state index contributed by atoms with van der Waals surface area (Å²) in [5, 5.41) is 3.43. The van der Waals surface area contributed by atoms with Gasteiger partial charge in [-0.05, 0) is 31.5 Å². The zero-order valence-electron chi connectivity index (χ0n) is 11.5. The molecule has 1 N–H and O–H groups in total. The highest BCUT2D eigenvalue weighted by Gasteiger charge is 2.22. The minimum atomic E-state index is 0.387. The molecule has 104 valence electrons. The van der Waals surface area contributed by atoms with Gasteiger partial charge in [-0.3, -0.25) is 4.98 Å². The Morgan fingerprint density at radius 1 is 1.30 bits per heavy atom. The fourth-order valence-corrected chi connectivity index (χ4v) is 2.59. The van der Waals surface area contributed by atoms with Crippen molar-refractivity contribution >= 4 is 0 Å². The Morgan fingerprint density at radius 3 is 2.95 bits per heavy atom. The first-order valence-electron chi connectivity index (χ1n) is 6.91.